The molecule has 7 heteroatoms. The van der Waals surface area contributed by atoms with Crippen LogP contribution >= 0.6 is 0 Å². The lowest BCUT2D eigenvalue weighted by atomic mass is 10.0. The summed E-state index contributed by atoms with van der Waals surface area (Å²) in [5, 5.41) is 5.00. The van der Waals surface area contributed by atoms with Crippen molar-refractivity contribution in [1.82, 2.24) is 10.6 Å². The summed E-state index contributed by atoms with van der Waals surface area (Å²) in [5.41, 5.74) is 1.85. The predicted octanol–water partition coefficient (Wildman–Crippen LogP) is 4.55. The van der Waals surface area contributed by atoms with Gasteiger partial charge in [-0.25, -0.2) is 4.79 Å². The van der Waals surface area contributed by atoms with Crippen LogP contribution in [-0.4, -0.2) is 29.6 Å². The molecular formula is C29H32N2O5. The number of alkyl carbamates (subject to hydrolysis) is 1. The van der Waals surface area contributed by atoms with E-state index in [9.17, 15) is 14.4 Å². The molecule has 7 nitrogen and oxygen atoms in total. The van der Waals surface area contributed by atoms with Crippen molar-refractivity contribution in [1.29, 1.82) is 0 Å². The molecule has 1 unspecified atom stereocenters. The number of benzene rings is 3. The number of rotatable bonds is 11. The van der Waals surface area contributed by atoms with Gasteiger partial charge in [0.15, 0.2) is 0 Å². The highest BCUT2D eigenvalue weighted by Crippen LogP contribution is 2.17. The van der Waals surface area contributed by atoms with E-state index in [1.807, 2.05) is 91.0 Å². The molecule has 0 bridgehead atoms. The molecule has 0 fully saturated rings. The van der Waals surface area contributed by atoms with Gasteiger partial charge in [0.2, 0.25) is 11.8 Å². The number of carbonyl (C=O) groups is 3. The van der Waals surface area contributed by atoms with Crippen LogP contribution in [0.5, 0.6) is 0 Å². The fourth-order valence-electron chi connectivity index (χ4n) is 3.53. The highest BCUT2D eigenvalue weighted by Gasteiger charge is 2.28. The van der Waals surface area contributed by atoms with Crippen LogP contribution in [0.1, 0.15) is 37.0 Å². The van der Waals surface area contributed by atoms with E-state index in [2.05, 4.69) is 10.6 Å². The molecule has 0 radical (unpaired) electrons. The molecule has 0 aliphatic heterocycles. The van der Waals surface area contributed by atoms with Crippen LogP contribution in [0.15, 0.2) is 91.0 Å². The quantitative estimate of drug-likeness (QED) is 0.413. The zero-order valence-corrected chi connectivity index (χ0v) is 20.6. The molecule has 36 heavy (non-hydrogen) atoms. The highest BCUT2D eigenvalue weighted by atomic mass is 16.5. The smallest absolute Gasteiger partial charge is 0.408 e. The Kier molecular flexibility index (Phi) is 9.77. The maximum absolute atomic E-state index is 13.0. The summed E-state index contributed by atoms with van der Waals surface area (Å²) in [6.07, 6.45) is -0.565. The monoisotopic (exact) mass is 488 g/mol. The van der Waals surface area contributed by atoms with E-state index in [1.165, 1.54) is 0 Å². The molecule has 0 aliphatic rings. The third-order valence-electron chi connectivity index (χ3n) is 5.43. The third-order valence-corrected chi connectivity index (χ3v) is 5.43. The minimum absolute atomic E-state index is 0.0257. The van der Waals surface area contributed by atoms with Gasteiger partial charge in [-0.15, -0.1) is 0 Å². The van der Waals surface area contributed by atoms with Gasteiger partial charge in [0.05, 0.1) is 18.6 Å². The molecule has 1 atom stereocenters. The first-order valence-electron chi connectivity index (χ1n) is 11.8. The summed E-state index contributed by atoms with van der Waals surface area (Å²) in [4.78, 5) is 38.1. The van der Waals surface area contributed by atoms with Crippen LogP contribution in [-0.2, 0) is 38.7 Å². The molecule has 3 amide bonds. The fourth-order valence-corrected chi connectivity index (χ4v) is 3.53. The maximum atomic E-state index is 13.0. The standard InChI is InChI=1S/C29H32N2O5/c1-29(2,36-21-24-16-10-5-11-17-24)19-26(32)31-27(33)25(18-22-12-6-3-7-13-22)30-28(34)35-20-23-14-8-4-9-15-23/h3-17,25H,18-21H2,1-2H3,(H,30,34)(H,31,32,33). The lowest BCUT2D eigenvalue weighted by Gasteiger charge is -2.25. The molecule has 0 saturated carbocycles. The molecule has 3 aromatic carbocycles. The number of nitrogens with one attached hydrogen (secondary N) is 2. The van der Waals surface area contributed by atoms with Crippen LogP contribution in [0.2, 0.25) is 0 Å². The zero-order chi connectivity index (χ0) is 25.8. The molecule has 2 N–H and O–H groups in total. The van der Waals surface area contributed by atoms with Crippen LogP contribution in [0.4, 0.5) is 4.79 Å². The van der Waals surface area contributed by atoms with Crippen molar-refractivity contribution in [2.75, 3.05) is 0 Å². The summed E-state index contributed by atoms with van der Waals surface area (Å²) in [6.45, 7) is 4.00. The molecule has 0 spiro atoms. The van der Waals surface area contributed by atoms with Crippen molar-refractivity contribution >= 4 is 17.9 Å². The number of imide groups is 1. The van der Waals surface area contributed by atoms with Crippen LogP contribution < -0.4 is 10.6 Å². The lowest BCUT2D eigenvalue weighted by molar-refractivity contribution is -0.135. The van der Waals surface area contributed by atoms with Crippen molar-refractivity contribution in [3.63, 3.8) is 0 Å². The normalized spacial score (nSPS) is 11.8. The Bertz CT molecular complexity index is 1120. The van der Waals surface area contributed by atoms with Crippen molar-refractivity contribution in [2.45, 2.75) is 51.5 Å². The number of carbonyl (C=O) groups excluding carboxylic acids is 3. The zero-order valence-electron chi connectivity index (χ0n) is 20.6. The summed E-state index contributed by atoms with van der Waals surface area (Å²) in [7, 11) is 0. The SMILES string of the molecule is CC(C)(CC(=O)NC(=O)C(Cc1ccccc1)NC(=O)OCc1ccccc1)OCc1ccccc1. The Morgan fingerprint density at radius 1 is 0.750 bits per heavy atom. The average Bonchev–Trinajstić information content (AvgIpc) is 2.87. The van der Waals surface area contributed by atoms with Gasteiger partial charge in [-0.2, -0.15) is 0 Å². The van der Waals surface area contributed by atoms with Gasteiger partial charge < -0.3 is 14.8 Å². The molecule has 3 aromatic rings. The molecular weight excluding hydrogens is 456 g/mol. The summed E-state index contributed by atoms with van der Waals surface area (Å²) in [5.74, 6) is -1.10. The number of amides is 3. The van der Waals surface area contributed by atoms with Gasteiger partial charge in [0, 0.05) is 6.42 Å². The van der Waals surface area contributed by atoms with Gasteiger partial charge in [-0.1, -0.05) is 91.0 Å². The van der Waals surface area contributed by atoms with Gasteiger partial charge >= 0.3 is 6.09 Å². The van der Waals surface area contributed by atoms with E-state index in [1.54, 1.807) is 13.8 Å². The minimum atomic E-state index is -0.993. The van der Waals surface area contributed by atoms with Crippen LogP contribution in [0.25, 0.3) is 0 Å². The van der Waals surface area contributed by atoms with Crippen molar-refractivity contribution in [2.24, 2.45) is 0 Å². The van der Waals surface area contributed by atoms with E-state index in [4.69, 9.17) is 9.47 Å². The van der Waals surface area contributed by atoms with Gasteiger partial charge in [0.1, 0.15) is 12.6 Å². The van der Waals surface area contributed by atoms with Crippen LogP contribution in [0, 0.1) is 0 Å². The van der Waals surface area contributed by atoms with Crippen LogP contribution in [0.3, 0.4) is 0 Å². The molecule has 0 aliphatic carbocycles. The largest absolute Gasteiger partial charge is 0.445 e. The summed E-state index contributed by atoms with van der Waals surface area (Å²) >= 11 is 0. The maximum Gasteiger partial charge on any atom is 0.408 e. The lowest BCUT2D eigenvalue weighted by Crippen LogP contribution is -2.50. The summed E-state index contributed by atoms with van der Waals surface area (Å²) in [6, 6.07) is 27.1. The van der Waals surface area contributed by atoms with Crippen molar-refractivity contribution < 1.29 is 23.9 Å². The molecule has 188 valence electrons. The van der Waals surface area contributed by atoms with Gasteiger partial charge in [-0.3, -0.25) is 14.9 Å². The first-order chi connectivity index (χ1) is 17.3. The van der Waals surface area contributed by atoms with Gasteiger partial charge in [0.25, 0.3) is 0 Å². The number of hydrogen-bond acceptors (Lipinski definition) is 5. The second-order valence-electron chi connectivity index (χ2n) is 9.07. The number of hydrogen-bond donors (Lipinski definition) is 2. The molecule has 0 aromatic heterocycles. The first-order valence-corrected chi connectivity index (χ1v) is 11.8. The van der Waals surface area contributed by atoms with Crippen molar-refractivity contribution in [3.05, 3.63) is 108 Å². The third kappa shape index (κ3) is 9.35. The Hall–Kier alpha value is -3.97. The molecule has 0 heterocycles. The average molecular weight is 489 g/mol. The highest BCUT2D eigenvalue weighted by molar-refractivity contribution is 5.99. The van der Waals surface area contributed by atoms with E-state index in [-0.39, 0.29) is 19.4 Å². The Balaban J connectivity index is 1.57. The Morgan fingerprint density at radius 3 is 1.81 bits per heavy atom. The Labute approximate surface area is 211 Å². The molecule has 3 rings (SSSR count). The minimum Gasteiger partial charge on any atom is -0.445 e. The van der Waals surface area contributed by atoms with E-state index < -0.39 is 29.6 Å². The van der Waals surface area contributed by atoms with E-state index in [0.717, 1.165) is 16.7 Å². The fraction of sp³-hybridized carbons (Fsp3) is 0.276. The second kappa shape index (κ2) is 13.2. The molecule has 0 saturated heterocycles. The summed E-state index contributed by atoms with van der Waals surface area (Å²) < 4.78 is 11.2. The van der Waals surface area contributed by atoms with E-state index >= 15 is 0 Å². The van der Waals surface area contributed by atoms with Crippen molar-refractivity contribution in [3.8, 4) is 0 Å². The predicted molar refractivity (Wildman–Crippen MR) is 137 cm³/mol. The van der Waals surface area contributed by atoms with Gasteiger partial charge in [-0.05, 0) is 30.5 Å². The second-order valence-corrected chi connectivity index (χ2v) is 9.07. The topological polar surface area (TPSA) is 93.7 Å². The Morgan fingerprint density at radius 2 is 1.25 bits per heavy atom. The first kappa shape index (κ1) is 26.6. The van der Waals surface area contributed by atoms with E-state index in [0.29, 0.717) is 6.61 Å². The number of ether oxygens (including phenoxy) is 2.